The Morgan fingerprint density at radius 3 is 2.39 bits per heavy atom. The summed E-state index contributed by atoms with van der Waals surface area (Å²) in [5.74, 6) is 0.248. The maximum atomic E-state index is 12.5. The Hall–Kier alpha value is -4.02. The molecule has 0 atom stereocenters. The van der Waals surface area contributed by atoms with Crippen LogP contribution in [0.15, 0.2) is 24.3 Å². The zero-order valence-corrected chi connectivity index (χ0v) is 21.5. The van der Waals surface area contributed by atoms with Crippen LogP contribution in [0.4, 0.5) is 10.5 Å². The van der Waals surface area contributed by atoms with Crippen molar-refractivity contribution in [2.75, 3.05) is 11.9 Å². The number of carbonyl (C=O) groups excluding carboxylic acids is 3. The molecule has 11 heteroatoms. The Kier molecular flexibility index (Phi) is 8.23. The van der Waals surface area contributed by atoms with Gasteiger partial charge in [-0.25, -0.2) is 19.1 Å². The highest BCUT2D eigenvalue weighted by atomic mass is 16.6. The van der Waals surface area contributed by atoms with Crippen LogP contribution in [0.5, 0.6) is 0 Å². The highest BCUT2D eigenvalue weighted by molar-refractivity contribution is 5.93. The van der Waals surface area contributed by atoms with E-state index in [0.29, 0.717) is 35.9 Å². The number of fused-ring (bicyclic) bond motifs is 1. The van der Waals surface area contributed by atoms with Gasteiger partial charge in [0, 0.05) is 23.5 Å². The molecule has 0 radical (unpaired) electrons. The summed E-state index contributed by atoms with van der Waals surface area (Å²) < 4.78 is 11.8. The molecule has 0 saturated heterocycles. The maximum Gasteiger partial charge on any atom is 0.408 e. The molecule has 36 heavy (non-hydrogen) atoms. The van der Waals surface area contributed by atoms with E-state index >= 15 is 0 Å². The number of ether oxygens (including phenoxy) is 2. The largest absolute Gasteiger partial charge is 0.462 e. The number of aryl methyl sites for hydroxylation is 2. The zero-order chi connectivity index (χ0) is 26.5. The molecule has 2 aromatic heterocycles. The first-order valence-corrected chi connectivity index (χ1v) is 11.7. The predicted octanol–water partition coefficient (Wildman–Crippen LogP) is 3.51. The number of amides is 2. The van der Waals surface area contributed by atoms with Crippen molar-refractivity contribution >= 4 is 29.4 Å². The minimum Gasteiger partial charge on any atom is -0.462 e. The molecule has 2 amide bonds. The molecule has 0 unspecified atom stereocenters. The topological polar surface area (TPSA) is 137 Å². The molecule has 2 heterocycles. The second kappa shape index (κ2) is 11.1. The number of anilines is 1. The standard InChI is InChI=1S/C25H32N6O5/c1-7-35-22(33)17-8-10-18(11-9-17)28-21(32)13-12-19-15(2)27-23-29-20(30-31(23)16(19)3)14-26-24(34)36-25(4,5)6/h8-11H,7,12-14H2,1-6H3,(H,26,34)(H,28,32). The molecule has 0 fully saturated rings. The van der Waals surface area contributed by atoms with Crippen LogP contribution < -0.4 is 10.6 Å². The third-order valence-electron chi connectivity index (χ3n) is 5.16. The molecule has 0 aliphatic rings. The molecule has 192 valence electrons. The van der Waals surface area contributed by atoms with Gasteiger partial charge in [0.25, 0.3) is 5.78 Å². The molecule has 0 aliphatic carbocycles. The third-order valence-corrected chi connectivity index (χ3v) is 5.16. The van der Waals surface area contributed by atoms with Gasteiger partial charge in [0.15, 0.2) is 5.82 Å². The molecular formula is C25H32N6O5. The van der Waals surface area contributed by atoms with Crippen molar-refractivity contribution in [3.05, 3.63) is 52.6 Å². The van der Waals surface area contributed by atoms with Gasteiger partial charge in [-0.05, 0) is 77.8 Å². The molecule has 0 spiro atoms. The van der Waals surface area contributed by atoms with Crippen LogP contribution in [-0.2, 0) is 27.2 Å². The van der Waals surface area contributed by atoms with Crippen LogP contribution in [0.3, 0.4) is 0 Å². The van der Waals surface area contributed by atoms with Crippen LogP contribution >= 0.6 is 0 Å². The summed E-state index contributed by atoms with van der Waals surface area (Å²) in [5, 5.41) is 9.92. The highest BCUT2D eigenvalue weighted by Crippen LogP contribution is 2.17. The summed E-state index contributed by atoms with van der Waals surface area (Å²) in [6, 6.07) is 6.55. The lowest BCUT2D eigenvalue weighted by atomic mass is 10.1. The SMILES string of the molecule is CCOC(=O)c1ccc(NC(=O)CCc2c(C)nc3nc(CNC(=O)OC(C)(C)C)nn3c2C)cc1. The molecule has 3 rings (SSSR count). The molecule has 2 N–H and O–H groups in total. The lowest BCUT2D eigenvalue weighted by Gasteiger charge is -2.19. The Morgan fingerprint density at radius 1 is 1.06 bits per heavy atom. The molecule has 3 aromatic rings. The van der Waals surface area contributed by atoms with E-state index in [1.165, 1.54) is 0 Å². The number of aromatic nitrogens is 4. The fourth-order valence-electron chi connectivity index (χ4n) is 3.52. The van der Waals surface area contributed by atoms with E-state index in [1.807, 2.05) is 13.8 Å². The second-order valence-corrected chi connectivity index (χ2v) is 9.20. The van der Waals surface area contributed by atoms with Crippen LogP contribution in [0, 0.1) is 13.8 Å². The van der Waals surface area contributed by atoms with Gasteiger partial charge >= 0.3 is 12.1 Å². The van der Waals surface area contributed by atoms with Crippen molar-refractivity contribution in [2.45, 2.75) is 66.5 Å². The van der Waals surface area contributed by atoms with Crippen molar-refractivity contribution in [2.24, 2.45) is 0 Å². The number of hydrogen-bond donors (Lipinski definition) is 2. The number of nitrogens with zero attached hydrogens (tertiary/aromatic N) is 4. The first-order valence-electron chi connectivity index (χ1n) is 11.7. The second-order valence-electron chi connectivity index (χ2n) is 9.20. The summed E-state index contributed by atoms with van der Waals surface area (Å²) in [6.07, 6.45) is 0.138. The Balaban J connectivity index is 1.62. The lowest BCUT2D eigenvalue weighted by Crippen LogP contribution is -2.32. The van der Waals surface area contributed by atoms with Gasteiger partial charge in [-0.15, -0.1) is 5.10 Å². The fraction of sp³-hybridized carbons (Fsp3) is 0.440. The van der Waals surface area contributed by atoms with Gasteiger partial charge in [-0.3, -0.25) is 4.79 Å². The van der Waals surface area contributed by atoms with Crippen molar-refractivity contribution in [1.29, 1.82) is 0 Å². The predicted molar refractivity (Wildman–Crippen MR) is 133 cm³/mol. The first kappa shape index (κ1) is 26.6. The van der Waals surface area contributed by atoms with Crippen LogP contribution in [0.2, 0.25) is 0 Å². The monoisotopic (exact) mass is 496 g/mol. The number of alkyl carbamates (subject to hydrolysis) is 1. The number of hydrogen-bond acceptors (Lipinski definition) is 8. The van der Waals surface area contributed by atoms with Crippen molar-refractivity contribution in [1.82, 2.24) is 24.9 Å². The average molecular weight is 497 g/mol. The van der Waals surface area contributed by atoms with Crippen molar-refractivity contribution in [3.8, 4) is 0 Å². The highest BCUT2D eigenvalue weighted by Gasteiger charge is 2.18. The summed E-state index contributed by atoms with van der Waals surface area (Å²) in [6.45, 7) is 11.3. The molecule has 1 aromatic carbocycles. The summed E-state index contributed by atoms with van der Waals surface area (Å²) >= 11 is 0. The van der Waals surface area contributed by atoms with E-state index in [-0.39, 0.29) is 18.9 Å². The number of nitrogens with one attached hydrogen (secondary N) is 2. The fourth-order valence-corrected chi connectivity index (χ4v) is 3.52. The average Bonchev–Trinajstić information content (AvgIpc) is 3.20. The van der Waals surface area contributed by atoms with E-state index < -0.39 is 17.7 Å². The van der Waals surface area contributed by atoms with E-state index in [0.717, 1.165) is 17.0 Å². The van der Waals surface area contributed by atoms with E-state index in [4.69, 9.17) is 9.47 Å². The molecule has 0 bridgehead atoms. The Labute approximate surface area is 209 Å². The number of carbonyl (C=O) groups is 3. The zero-order valence-electron chi connectivity index (χ0n) is 21.5. The van der Waals surface area contributed by atoms with E-state index in [2.05, 4.69) is 25.7 Å². The molecule has 0 aliphatic heterocycles. The molecule has 11 nitrogen and oxygen atoms in total. The molecule has 0 saturated carbocycles. The lowest BCUT2D eigenvalue weighted by molar-refractivity contribution is -0.116. The summed E-state index contributed by atoms with van der Waals surface area (Å²) in [5.41, 5.74) is 2.89. The van der Waals surface area contributed by atoms with Gasteiger partial charge in [0.2, 0.25) is 5.91 Å². The van der Waals surface area contributed by atoms with E-state index in [9.17, 15) is 14.4 Å². The Morgan fingerprint density at radius 2 is 1.75 bits per heavy atom. The number of esters is 1. The minimum absolute atomic E-state index is 0.101. The summed E-state index contributed by atoms with van der Waals surface area (Å²) in [7, 11) is 0. The van der Waals surface area contributed by atoms with Crippen LogP contribution in [0.1, 0.15) is 67.2 Å². The van der Waals surface area contributed by atoms with Gasteiger partial charge < -0.3 is 20.1 Å². The minimum atomic E-state index is -0.598. The molecular weight excluding hydrogens is 464 g/mol. The Bertz CT molecular complexity index is 1260. The number of benzene rings is 1. The van der Waals surface area contributed by atoms with Crippen molar-refractivity contribution in [3.63, 3.8) is 0 Å². The smallest absolute Gasteiger partial charge is 0.408 e. The van der Waals surface area contributed by atoms with Gasteiger partial charge in [0.05, 0.1) is 18.7 Å². The maximum absolute atomic E-state index is 12.5. The van der Waals surface area contributed by atoms with Crippen LogP contribution in [-0.4, -0.2) is 49.8 Å². The van der Waals surface area contributed by atoms with Gasteiger partial charge in [0.1, 0.15) is 5.60 Å². The third kappa shape index (κ3) is 7.00. The first-order chi connectivity index (χ1) is 17.0. The van der Waals surface area contributed by atoms with Gasteiger partial charge in [-0.2, -0.15) is 4.98 Å². The van der Waals surface area contributed by atoms with Gasteiger partial charge in [-0.1, -0.05) is 0 Å². The summed E-state index contributed by atoms with van der Waals surface area (Å²) in [4.78, 5) is 45.1. The normalized spacial score (nSPS) is 11.3. The van der Waals surface area contributed by atoms with Crippen LogP contribution in [0.25, 0.3) is 5.78 Å². The quantitative estimate of drug-likeness (QED) is 0.452. The van der Waals surface area contributed by atoms with E-state index in [1.54, 1.807) is 56.5 Å². The van der Waals surface area contributed by atoms with Crippen molar-refractivity contribution < 1.29 is 23.9 Å². The number of rotatable bonds is 8.